The number of hydrogen-bond acceptors (Lipinski definition) is 2. The molecule has 5 heteroatoms. The first-order chi connectivity index (χ1) is 10.2. The molecule has 22 heavy (non-hydrogen) atoms. The molecule has 1 aliphatic carbocycles. The molecule has 0 amide bonds. The Kier molecular flexibility index (Phi) is 5.50. The van der Waals surface area contributed by atoms with Crippen molar-refractivity contribution in [2.45, 2.75) is 77.0 Å². The molecule has 1 aliphatic rings. The molecular weight excluding hydrogens is 360 g/mol. The normalized spacial score (nSPS) is 16.6. The summed E-state index contributed by atoms with van der Waals surface area (Å²) in [5.74, 6) is 0. The van der Waals surface area contributed by atoms with Gasteiger partial charge in [0.25, 0.3) is 0 Å². The average molecular weight is 387 g/mol. The van der Waals surface area contributed by atoms with Gasteiger partial charge in [-0.3, -0.25) is 0 Å². The summed E-state index contributed by atoms with van der Waals surface area (Å²) in [6.45, 7) is 10.4. The second-order valence-electron chi connectivity index (χ2n) is 7.04. The van der Waals surface area contributed by atoms with Crippen LogP contribution in [0.5, 0.6) is 0 Å². The minimum absolute atomic E-state index is 0.252. The number of hydrogen-bond donors (Lipinski definition) is 1. The molecule has 1 aromatic heterocycles. The molecule has 0 aromatic carbocycles. The van der Waals surface area contributed by atoms with Gasteiger partial charge in [0.1, 0.15) is 4.60 Å². The van der Waals surface area contributed by atoms with E-state index >= 15 is 0 Å². The number of rotatable bonds is 5. The van der Waals surface area contributed by atoms with Crippen LogP contribution < -0.4 is 4.72 Å². The molecule has 1 N–H and O–H groups in total. The van der Waals surface area contributed by atoms with Crippen LogP contribution in [0, 0.1) is 0 Å². The highest BCUT2D eigenvalue weighted by Crippen LogP contribution is 2.38. The van der Waals surface area contributed by atoms with E-state index in [1.807, 2.05) is 20.8 Å². The number of nitrogens with zero attached hydrogens (tertiary/aromatic N) is 1. The molecule has 0 radical (unpaired) electrons. The van der Waals surface area contributed by atoms with Gasteiger partial charge < -0.3 is 0 Å². The maximum atomic E-state index is 12.7. The lowest BCUT2D eigenvalue weighted by molar-refractivity contribution is 0.367. The van der Waals surface area contributed by atoms with Crippen molar-refractivity contribution < 1.29 is 4.21 Å². The summed E-state index contributed by atoms with van der Waals surface area (Å²) in [6.07, 6.45) is 5.12. The fourth-order valence-corrected chi connectivity index (χ4v) is 4.60. The van der Waals surface area contributed by atoms with Gasteiger partial charge in [-0.05, 0) is 86.0 Å². The molecule has 1 aromatic rings. The van der Waals surface area contributed by atoms with E-state index in [1.165, 1.54) is 16.8 Å². The van der Waals surface area contributed by atoms with E-state index in [2.05, 4.69) is 45.5 Å². The maximum Gasteiger partial charge on any atom is 0.106 e. The average Bonchev–Trinajstić information content (AvgIpc) is 2.90. The van der Waals surface area contributed by atoms with E-state index in [0.717, 1.165) is 36.7 Å². The van der Waals surface area contributed by atoms with Crippen LogP contribution in [0.15, 0.2) is 10.7 Å². The highest BCUT2D eigenvalue weighted by atomic mass is 79.9. The van der Waals surface area contributed by atoms with Crippen LogP contribution in [0.3, 0.4) is 0 Å². The number of aromatic nitrogens is 1. The first kappa shape index (κ1) is 18.1. The van der Waals surface area contributed by atoms with Crippen LogP contribution in [0.2, 0.25) is 0 Å². The largest absolute Gasteiger partial charge is 0.246 e. The van der Waals surface area contributed by atoms with E-state index in [0.29, 0.717) is 0 Å². The Morgan fingerprint density at radius 3 is 2.45 bits per heavy atom. The fraction of sp³-hybridized carbons (Fsp3) is 0.706. The Balaban J connectivity index is 2.51. The molecule has 1 heterocycles. The summed E-state index contributed by atoms with van der Waals surface area (Å²) in [7, 11) is -1.10. The first-order valence-corrected chi connectivity index (χ1v) is 10.1. The molecule has 3 nitrogen and oxygen atoms in total. The standard InChI is InChI=1S/C17H27BrN2OS/c1-6-17(7-2,20-22(21)16(3,4)5)13-11-15(18)19-14-10-8-9-12(13)14/h11,20H,6-10H2,1-5H3. The number of aryl methyl sites for hydroxylation is 1. The van der Waals surface area contributed by atoms with E-state index in [1.54, 1.807) is 0 Å². The van der Waals surface area contributed by atoms with Gasteiger partial charge in [-0.2, -0.15) is 0 Å². The zero-order valence-electron chi connectivity index (χ0n) is 14.3. The molecule has 0 spiro atoms. The first-order valence-electron chi connectivity index (χ1n) is 8.12. The third-order valence-corrected chi connectivity index (χ3v) is 6.68. The van der Waals surface area contributed by atoms with Gasteiger partial charge in [-0.15, -0.1) is 0 Å². The van der Waals surface area contributed by atoms with E-state index in [-0.39, 0.29) is 10.3 Å². The van der Waals surface area contributed by atoms with Gasteiger partial charge in [-0.25, -0.2) is 13.9 Å². The highest BCUT2D eigenvalue weighted by molar-refractivity contribution is 9.10. The minimum Gasteiger partial charge on any atom is -0.246 e. The van der Waals surface area contributed by atoms with E-state index in [9.17, 15) is 4.21 Å². The smallest absolute Gasteiger partial charge is 0.106 e. The second-order valence-corrected chi connectivity index (χ2v) is 9.82. The van der Waals surface area contributed by atoms with Crippen LogP contribution in [-0.2, 0) is 29.4 Å². The molecule has 0 fully saturated rings. The van der Waals surface area contributed by atoms with Gasteiger partial charge >= 0.3 is 0 Å². The van der Waals surface area contributed by atoms with E-state index in [4.69, 9.17) is 0 Å². The quantitative estimate of drug-likeness (QED) is 0.761. The summed E-state index contributed by atoms with van der Waals surface area (Å²) in [5.41, 5.74) is 3.60. The minimum atomic E-state index is -1.10. The van der Waals surface area contributed by atoms with Gasteiger partial charge in [0, 0.05) is 5.69 Å². The molecule has 124 valence electrons. The lowest BCUT2D eigenvalue weighted by atomic mass is 9.83. The van der Waals surface area contributed by atoms with Crippen LogP contribution in [0.4, 0.5) is 0 Å². The third kappa shape index (κ3) is 3.46. The highest BCUT2D eigenvalue weighted by Gasteiger charge is 2.37. The maximum absolute atomic E-state index is 12.7. The molecule has 0 saturated heterocycles. The Morgan fingerprint density at radius 1 is 1.27 bits per heavy atom. The summed E-state index contributed by atoms with van der Waals surface area (Å²) in [5, 5.41) is 0. The lowest BCUT2D eigenvalue weighted by Gasteiger charge is -2.37. The number of pyridine rings is 1. The zero-order chi connectivity index (χ0) is 16.5. The molecule has 2 rings (SSSR count). The topological polar surface area (TPSA) is 42.0 Å². The van der Waals surface area contributed by atoms with Crippen molar-refractivity contribution in [1.82, 2.24) is 9.71 Å². The van der Waals surface area contributed by atoms with Gasteiger partial charge in [0.15, 0.2) is 0 Å². The van der Waals surface area contributed by atoms with Crippen LogP contribution in [0.1, 0.15) is 70.7 Å². The van der Waals surface area contributed by atoms with Crippen LogP contribution in [-0.4, -0.2) is 13.9 Å². The molecule has 0 aliphatic heterocycles. The Morgan fingerprint density at radius 2 is 1.91 bits per heavy atom. The van der Waals surface area contributed by atoms with Gasteiger partial charge in [-0.1, -0.05) is 13.8 Å². The predicted molar refractivity (Wildman–Crippen MR) is 97.3 cm³/mol. The number of nitrogens with one attached hydrogen (secondary N) is 1. The van der Waals surface area contributed by atoms with Gasteiger partial charge in [0.05, 0.1) is 21.3 Å². The number of halogens is 1. The summed E-state index contributed by atoms with van der Waals surface area (Å²) in [4.78, 5) is 4.64. The molecule has 1 atom stereocenters. The molecule has 1 unspecified atom stereocenters. The third-order valence-electron chi connectivity index (χ3n) is 4.59. The van der Waals surface area contributed by atoms with Crippen LogP contribution in [0.25, 0.3) is 0 Å². The summed E-state index contributed by atoms with van der Waals surface area (Å²) < 4.78 is 16.8. The Hall–Kier alpha value is -0.260. The predicted octanol–water partition coefficient (Wildman–Crippen LogP) is 4.40. The van der Waals surface area contributed by atoms with Gasteiger partial charge in [0.2, 0.25) is 0 Å². The second kappa shape index (κ2) is 6.70. The molecule has 0 saturated carbocycles. The monoisotopic (exact) mass is 386 g/mol. The van der Waals surface area contributed by atoms with Crippen molar-refractivity contribution in [3.63, 3.8) is 0 Å². The Labute approximate surface area is 145 Å². The summed E-state index contributed by atoms with van der Waals surface area (Å²) >= 11 is 3.56. The van der Waals surface area contributed by atoms with Crippen LogP contribution >= 0.6 is 15.9 Å². The summed E-state index contributed by atoms with van der Waals surface area (Å²) in [6, 6.07) is 2.13. The fourth-order valence-electron chi connectivity index (χ4n) is 3.10. The van der Waals surface area contributed by atoms with Crippen molar-refractivity contribution in [3.8, 4) is 0 Å². The van der Waals surface area contributed by atoms with Crippen molar-refractivity contribution in [2.75, 3.05) is 0 Å². The van der Waals surface area contributed by atoms with Crippen molar-refractivity contribution in [3.05, 3.63) is 27.5 Å². The number of fused-ring (bicyclic) bond motifs is 1. The molecular formula is C17H27BrN2OS. The Bertz CT molecular complexity index is 577. The lowest BCUT2D eigenvalue weighted by Crippen LogP contribution is -2.48. The molecule has 0 bridgehead atoms. The van der Waals surface area contributed by atoms with E-state index < -0.39 is 11.0 Å². The van der Waals surface area contributed by atoms with Crippen molar-refractivity contribution >= 4 is 26.9 Å². The zero-order valence-corrected chi connectivity index (χ0v) is 16.7. The van der Waals surface area contributed by atoms with Crippen molar-refractivity contribution in [2.24, 2.45) is 0 Å². The SMILES string of the molecule is CCC(CC)(NS(=O)C(C)(C)C)c1cc(Br)nc2c1CCC2. The van der Waals surface area contributed by atoms with Crippen molar-refractivity contribution in [1.29, 1.82) is 0 Å².